The van der Waals surface area contributed by atoms with Gasteiger partial charge in [-0.2, -0.15) is 22.0 Å². The zero-order chi connectivity index (χ0) is 15.7. The molecule has 7 heteroatoms. The molecule has 0 fully saturated rings. The van der Waals surface area contributed by atoms with Crippen molar-refractivity contribution < 1.29 is 31.4 Å². The zero-order valence-corrected chi connectivity index (χ0v) is 10.9. The average Bonchev–Trinajstić information content (AvgIpc) is 2.24. The van der Waals surface area contributed by atoms with Gasteiger partial charge < -0.3 is 5.11 Å². The summed E-state index contributed by atoms with van der Waals surface area (Å²) in [5, 5.41) is 9.52. The summed E-state index contributed by atoms with van der Waals surface area (Å²) in [5.41, 5.74) is -6.64. The Morgan fingerprint density at radius 2 is 1.65 bits per heavy atom. The number of hydrogen-bond acceptors (Lipinski definition) is 1. The molecular weight excluding hydrogens is 286 g/mol. The molecule has 1 aromatic rings. The van der Waals surface area contributed by atoms with Crippen LogP contribution in [0.3, 0.4) is 0 Å². The van der Waals surface area contributed by atoms with Crippen LogP contribution in [0.5, 0.6) is 0 Å². The highest BCUT2D eigenvalue weighted by molar-refractivity contribution is 5.59. The SMILES string of the molecule is Cc1cc2c(c(C)c1C(C)O)C(F)(F)C2(F)C(F)(F)F. The van der Waals surface area contributed by atoms with Crippen LogP contribution in [0.1, 0.15) is 40.8 Å². The maximum atomic E-state index is 13.9. The number of aliphatic hydroxyl groups excluding tert-OH is 1. The van der Waals surface area contributed by atoms with E-state index >= 15 is 0 Å². The summed E-state index contributed by atoms with van der Waals surface area (Å²) in [6.07, 6.45) is -6.83. The Labute approximate surface area is 111 Å². The molecule has 0 aliphatic heterocycles. The fraction of sp³-hybridized carbons (Fsp3) is 0.538. The summed E-state index contributed by atoms with van der Waals surface area (Å²) in [6, 6.07) is 0.745. The third kappa shape index (κ3) is 1.50. The molecule has 112 valence electrons. The predicted molar refractivity (Wildman–Crippen MR) is 59.3 cm³/mol. The van der Waals surface area contributed by atoms with Crippen LogP contribution in [-0.4, -0.2) is 11.3 Å². The summed E-state index contributed by atoms with van der Waals surface area (Å²) >= 11 is 0. The van der Waals surface area contributed by atoms with Gasteiger partial charge in [-0.15, -0.1) is 0 Å². The second-order valence-corrected chi connectivity index (χ2v) is 5.06. The minimum Gasteiger partial charge on any atom is -0.389 e. The Balaban J connectivity index is 2.79. The number of rotatable bonds is 1. The third-order valence-electron chi connectivity index (χ3n) is 3.76. The van der Waals surface area contributed by atoms with Crippen molar-refractivity contribution in [3.8, 4) is 0 Å². The standard InChI is InChI=1S/C13H12F6O/c1-5-4-8-10(6(2)9(5)7(3)20)12(15,16)11(8,14)13(17,18)19/h4,7,20H,1-3H3. The third-order valence-corrected chi connectivity index (χ3v) is 3.76. The second kappa shape index (κ2) is 3.90. The Bertz CT molecular complexity index is 575. The van der Waals surface area contributed by atoms with E-state index in [0.29, 0.717) is 0 Å². The topological polar surface area (TPSA) is 20.2 Å². The first-order valence-electron chi connectivity index (χ1n) is 5.84. The first kappa shape index (κ1) is 15.2. The first-order valence-corrected chi connectivity index (χ1v) is 5.84. The van der Waals surface area contributed by atoms with E-state index in [1.807, 2.05) is 0 Å². The van der Waals surface area contributed by atoms with Crippen molar-refractivity contribution in [2.24, 2.45) is 0 Å². The van der Waals surface area contributed by atoms with Crippen LogP contribution < -0.4 is 0 Å². The Kier molecular flexibility index (Phi) is 2.96. The van der Waals surface area contributed by atoms with E-state index in [9.17, 15) is 31.4 Å². The summed E-state index contributed by atoms with van der Waals surface area (Å²) in [7, 11) is 0. The van der Waals surface area contributed by atoms with Gasteiger partial charge in [-0.1, -0.05) is 6.07 Å². The number of alkyl halides is 6. The first-order chi connectivity index (χ1) is 8.87. The van der Waals surface area contributed by atoms with Gasteiger partial charge in [0.2, 0.25) is 0 Å². The Morgan fingerprint density at radius 1 is 1.15 bits per heavy atom. The number of hydrogen-bond donors (Lipinski definition) is 1. The van der Waals surface area contributed by atoms with Crippen LogP contribution in [0.4, 0.5) is 26.3 Å². The van der Waals surface area contributed by atoms with E-state index in [1.54, 1.807) is 0 Å². The zero-order valence-electron chi connectivity index (χ0n) is 10.9. The van der Waals surface area contributed by atoms with E-state index in [4.69, 9.17) is 0 Å². The van der Waals surface area contributed by atoms with Gasteiger partial charge in [-0.05, 0) is 37.5 Å². The van der Waals surface area contributed by atoms with Gasteiger partial charge in [-0.3, -0.25) is 0 Å². The van der Waals surface area contributed by atoms with Crippen molar-refractivity contribution in [3.63, 3.8) is 0 Å². The van der Waals surface area contributed by atoms with Crippen molar-refractivity contribution in [2.45, 2.75) is 44.6 Å². The molecule has 0 heterocycles. The monoisotopic (exact) mass is 298 g/mol. The molecule has 0 saturated carbocycles. The van der Waals surface area contributed by atoms with Crippen LogP contribution in [0.25, 0.3) is 0 Å². The van der Waals surface area contributed by atoms with Crippen LogP contribution in [0.2, 0.25) is 0 Å². The largest absolute Gasteiger partial charge is 0.433 e. The van der Waals surface area contributed by atoms with Crippen LogP contribution in [-0.2, 0) is 11.6 Å². The molecule has 1 aromatic carbocycles. The molecule has 0 aromatic heterocycles. The van der Waals surface area contributed by atoms with Crippen molar-refractivity contribution in [3.05, 3.63) is 33.9 Å². The summed E-state index contributed by atoms with van der Waals surface area (Å²) in [5.74, 6) is -4.65. The van der Waals surface area contributed by atoms with E-state index in [-0.39, 0.29) is 16.7 Å². The van der Waals surface area contributed by atoms with Crippen molar-refractivity contribution in [1.82, 2.24) is 0 Å². The predicted octanol–water partition coefficient (Wildman–Crippen LogP) is 4.19. The number of aliphatic hydroxyl groups is 1. The van der Waals surface area contributed by atoms with Gasteiger partial charge in [0.1, 0.15) is 0 Å². The number of fused-ring (bicyclic) bond motifs is 1. The van der Waals surface area contributed by atoms with Gasteiger partial charge in [0.25, 0.3) is 5.67 Å². The molecule has 1 N–H and O–H groups in total. The molecule has 1 aliphatic carbocycles. The molecule has 0 spiro atoms. The highest BCUT2D eigenvalue weighted by atomic mass is 19.4. The van der Waals surface area contributed by atoms with Crippen molar-refractivity contribution in [1.29, 1.82) is 0 Å². The lowest BCUT2D eigenvalue weighted by atomic mass is 9.66. The van der Waals surface area contributed by atoms with E-state index in [2.05, 4.69) is 0 Å². The van der Waals surface area contributed by atoms with Gasteiger partial charge >= 0.3 is 12.1 Å². The molecule has 0 radical (unpaired) electrons. The fourth-order valence-corrected chi connectivity index (χ4v) is 2.93. The number of benzene rings is 1. The lowest BCUT2D eigenvalue weighted by Crippen LogP contribution is -2.59. The minimum atomic E-state index is -5.70. The van der Waals surface area contributed by atoms with E-state index < -0.39 is 35.0 Å². The minimum absolute atomic E-state index is 0.104. The van der Waals surface area contributed by atoms with Gasteiger partial charge in [0, 0.05) is 11.1 Å². The molecule has 0 saturated heterocycles. The molecule has 1 nitrogen and oxygen atoms in total. The summed E-state index contributed by atoms with van der Waals surface area (Å²) in [4.78, 5) is 0. The van der Waals surface area contributed by atoms with Crippen molar-refractivity contribution in [2.75, 3.05) is 0 Å². The lowest BCUT2D eigenvalue weighted by Gasteiger charge is -2.47. The number of aryl methyl sites for hydroxylation is 1. The van der Waals surface area contributed by atoms with E-state index in [0.717, 1.165) is 13.0 Å². The van der Waals surface area contributed by atoms with Crippen molar-refractivity contribution >= 4 is 0 Å². The summed E-state index contributed by atoms with van der Waals surface area (Å²) < 4.78 is 79.4. The molecule has 20 heavy (non-hydrogen) atoms. The van der Waals surface area contributed by atoms with Crippen LogP contribution >= 0.6 is 0 Å². The smallest absolute Gasteiger partial charge is 0.389 e. The maximum absolute atomic E-state index is 13.9. The molecule has 0 bridgehead atoms. The number of halogens is 6. The summed E-state index contributed by atoms with van der Waals surface area (Å²) in [6.45, 7) is 3.82. The average molecular weight is 298 g/mol. The second-order valence-electron chi connectivity index (χ2n) is 5.06. The molecule has 0 amide bonds. The molecule has 2 rings (SSSR count). The fourth-order valence-electron chi connectivity index (χ4n) is 2.93. The highest BCUT2D eigenvalue weighted by Gasteiger charge is 2.80. The van der Waals surface area contributed by atoms with Crippen LogP contribution in [0.15, 0.2) is 6.07 Å². The maximum Gasteiger partial charge on any atom is 0.433 e. The highest BCUT2D eigenvalue weighted by Crippen LogP contribution is 2.67. The Hall–Kier alpha value is -1.24. The van der Waals surface area contributed by atoms with Gasteiger partial charge in [0.15, 0.2) is 0 Å². The lowest BCUT2D eigenvalue weighted by molar-refractivity contribution is -0.333. The van der Waals surface area contributed by atoms with E-state index in [1.165, 1.54) is 13.8 Å². The van der Waals surface area contributed by atoms with Crippen LogP contribution in [0, 0.1) is 13.8 Å². The van der Waals surface area contributed by atoms with Gasteiger partial charge in [0.05, 0.1) is 6.10 Å². The van der Waals surface area contributed by atoms with Gasteiger partial charge in [-0.25, -0.2) is 4.39 Å². The Morgan fingerprint density at radius 3 is 2.05 bits per heavy atom. The molecule has 1 aliphatic rings. The molecular formula is C13H12F6O. The normalized spacial score (nSPS) is 25.9. The molecule has 2 atom stereocenters. The molecule has 2 unspecified atom stereocenters. The quantitative estimate of drug-likeness (QED) is 0.771.